The summed E-state index contributed by atoms with van der Waals surface area (Å²) < 4.78 is 0. The minimum absolute atomic E-state index is 0.0553. The zero-order valence-electron chi connectivity index (χ0n) is 12.1. The second-order valence-electron chi connectivity index (χ2n) is 5.69. The number of hydrogen-bond donors (Lipinski definition) is 2. The van der Waals surface area contributed by atoms with Crippen LogP contribution in [-0.2, 0) is 4.79 Å². The van der Waals surface area contributed by atoms with Crippen LogP contribution >= 0.6 is 0 Å². The van der Waals surface area contributed by atoms with Gasteiger partial charge in [-0.3, -0.25) is 4.79 Å². The Morgan fingerprint density at radius 3 is 2.56 bits per heavy atom. The summed E-state index contributed by atoms with van der Waals surface area (Å²) in [5, 5.41) is 3.23. The smallest absolute Gasteiger partial charge is 0.224 e. The van der Waals surface area contributed by atoms with Crippen LogP contribution < -0.4 is 11.1 Å². The van der Waals surface area contributed by atoms with Crippen molar-refractivity contribution in [2.75, 3.05) is 0 Å². The molecule has 3 N–H and O–H groups in total. The fourth-order valence-corrected chi connectivity index (χ4v) is 2.88. The predicted octanol–water partition coefficient (Wildman–Crippen LogP) is 2.98. The number of hydrogen-bond acceptors (Lipinski definition) is 2. The summed E-state index contributed by atoms with van der Waals surface area (Å²) in [6, 6.07) is 0.434. The molecule has 1 rings (SSSR count). The number of unbranched alkanes of at least 4 members (excludes halogenated alkanes) is 1. The Balaban J connectivity index is 2.43. The summed E-state index contributed by atoms with van der Waals surface area (Å²) in [5.41, 5.74) is 6.07. The van der Waals surface area contributed by atoms with Crippen molar-refractivity contribution in [3.8, 4) is 0 Å². The largest absolute Gasteiger partial charge is 0.353 e. The highest BCUT2D eigenvalue weighted by Crippen LogP contribution is 2.23. The molecular weight excluding hydrogens is 224 g/mol. The maximum atomic E-state index is 12.3. The van der Waals surface area contributed by atoms with Crippen LogP contribution in [0.15, 0.2) is 0 Å². The zero-order valence-corrected chi connectivity index (χ0v) is 12.1. The molecule has 1 saturated carbocycles. The third-order valence-electron chi connectivity index (χ3n) is 4.05. The standard InChI is InChI=1S/C15H30N2O/c1-3-5-9-12(8-4-2)17-15(18)13-10-6-7-11-14(13)16/h12-14H,3-11,16H2,1-2H3,(H,17,18). The molecule has 0 aromatic carbocycles. The van der Waals surface area contributed by atoms with E-state index in [1.807, 2.05) is 0 Å². The molecule has 0 aromatic rings. The van der Waals surface area contributed by atoms with E-state index < -0.39 is 0 Å². The van der Waals surface area contributed by atoms with Crippen LogP contribution in [0.2, 0.25) is 0 Å². The quantitative estimate of drug-likeness (QED) is 0.734. The molecule has 18 heavy (non-hydrogen) atoms. The summed E-state index contributed by atoms with van der Waals surface area (Å²) in [5.74, 6) is 0.261. The van der Waals surface area contributed by atoms with Crippen molar-refractivity contribution >= 4 is 5.91 Å². The fourth-order valence-electron chi connectivity index (χ4n) is 2.88. The Bertz CT molecular complexity index is 243. The molecule has 3 nitrogen and oxygen atoms in total. The molecular formula is C15H30N2O. The Kier molecular flexibility index (Phi) is 7.33. The van der Waals surface area contributed by atoms with Gasteiger partial charge in [0.05, 0.1) is 5.92 Å². The van der Waals surface area contributed by atoms with E-state index in [2.05, 4.69) is 19.2 Å². The molecule has 106 valence electrons. The van der Waals surface area contributed by atoms with Crippen molar-refractivity contribution in [2.45, 2.75) is 83.7 Å². The zero-order chi connectivity index (χ0) is 13.4. The summed E-state index contributed by atoms with van der Waals surface area (Å²) in [4.78, 5) is 12.3. The van der Waals surface area contributed by atoms with Crippen molar-refractivity contribution in [1.29, 1.82) is 0 Å². The van der Waals surface area contributed by atoms with Gasteiger partial charge in [-0.2, -0.15) is 0 Å². The molecule has 0 saturated heterocycles. The van der Waals surface area contributed by atoms with Crippen molar-refractivity contribution < 1.29 is 4.79 Å². The van der Waals surface area contributed by atoms with Crippen LogP contribution in [-0.4, -0.2) is 18.0 Å². The Morgan fingerprint density at radius 2 is 1.94 bits per heavy atom. The first-order chi connectivity index (χ1) is 8.69. The van der Waals surface area contributed by atoms with E-state index in [1.165, 1.54) is 19.3 Å². The van der Waals surface area contributed by atoms with E-state index in [1.54, 1.807) is 0 Å². The van der Waals surface area contributed by atoms with Crippen LogP contribution in [0.1, 0.15) is 71.6 Å². The molecule has 1 fully saturated rings. The number of nitrogens with two attached hydrogens (primary N) is 1. The number of carbonyl (C=O) groups is 1. The summed E-state index contributed by atoms with van der Waals surface area (Å²) in [7, 11) is 0. The maximum Gasteiger partial charge on any atom is 0.224 e. The van der Waals surface area contributed by atoms with Gasteiger partial charge in [-0.1, -0.05) is 46.0 Å². The summed E-state index contributed by atoms with van der Waals surface area (Å²) in [6.07, 6.45) is 10.0. The highest BCUT2D eigenvalue weighted by atomic mass is 16.2. The fraction of sp³-hybridized carbons (Fsp3) is 0.933. The first kappa shape index (κ1) is 15.5. The lowest BCUT2D eigenvalue weighted by molar-refractivity contribution is -0.127. The van der Waals surface area contributed by atoms with E-state index in [0.717, 1.165) is 38.5 Å². The van der Waals surface area contributed by atoms with E-state index in [4.69, 9.17) is 5.73 Å². The van der Waals surface area contributed by atoms with E-state index in [-0.39, 0.29) is 17.9 Å². The molecule has 0 aliphatic heterocycles. The minimum Gasteiger partial charge on any atom is -0.353 e. The molecule has 0 spiro atoms. The molecule has 1 amide bonds. The molecule has 1 aliphatic carbocycles. The number of amides is 1. The lowest BCUT2D eigenvalue weighted by Crippen LogP contribution is -2.46. The molecule has 3 heteroatoms. The van der Waals surface area contributed by atoms with Crippen LogP contribution in [0.4, 0.5) is 0 Å². The van der Waals surface area contributed by atoms with Gasteiger partial charge in [0.2, 0.25) is 5.91 Å². The summed E-state index contributed by atoms with van der Waals surface area (Å²) >= 11 is 0. The predicted molar refractivity (Wildman–Crippen MR) is 76.3 cm³/mol. The molecule has 1 aliphatic rings. The van der Waals surface area contributed by atoms with Gasteiger partial charge in [-0.05, 0) is 25.7 Å². The Hall–Kier alpha value is -0.570. The highest BCUT2D eigenvalue weighted by molar-refractivity contribution is 5.79. The number of carbonyl (C=O) groups excluding carboxylic acids is 1. The maximum absolute atomic E-state index is 12.3. The van der Waals surface area contributed by atoms with Gasteiger partial charge in [0, 0.05) is 12.1 Å². The second kappa shape index (κ2) is 8.52. The van der Waals surface area contributed by atoms with E-state index in [9.17, 15) is 4.79 Å². The topological polar surface area (TPSA) is 55.1 Å². The average Bonchev–Trinajstić information content (AvgIpc) is 2.36. The first-order valence-corrected chi connectivity index (χ1v) is 7.75. The number of nitrogens with one attached hydrogen (secondary N) is 1. The lowest BCUT2D eigenvalue weighted by Gasteiger charge is -2.29. The van der Waals surface area contributed by atoms with Gasteiger partial charge in [0.15, 0.2) is 0 Å². The van der Waals surface area contributed by atoms with Crippen molar-refractivity contribution in [1.82, 2.24) is 5.32 Å². The second-order valence-corrected chi connectivity index (χ2v) is 5.69. The lowest BCUT2D eigenvalue weighted by atomic mass is 9.84. The van der Waals surface area contributed by atoms with Crippen LogP contribution in [0.3, 0.4) is 0 Å². The van der Waals surface area contributed by atoms with E-state index in [0.29, 0.717) is 6.04 Å². The normalized spacial score (nSPS) is 25.7. The van der Waals surface area contributed by atoms with Gasteiger partial charge >= 0.3 is 0 Å². The molecule has 0 bridgehead atoms. The first-order valence-electron chi connectivity index (χ1n) is 7.75. The van der Waals surface area contributed by atoms with Crippen LogP contribution in [0.25, 0.3) is 0 Å². The molecule has 0 radical (unpaired) electrons. The van der Waals surface area contributed by atoms with Gasteiger partial charge in [0.25, 0.3) is 0 Å². The van der Waals surface area contributed by atoms with Gasteiger partial charge in [-0.15, -0.1) is 0 Å². The third-order valence-corrected chi connectivity index (χ3v) is 4.05. The average molecular weight is 254 g/mol. The minimum atomic E-state index is 0.0553. The van der Waals surface area contributed by atoms with Gasteiger partial charge < -0.3 is 11.1 Å². The number of rotatable bonds is 7. The molecule has 0 aromatic heterocycles. The van der Waals surface area contributed by atoms with Gasteiger partial charge in [-0.25, -0.2) is 0 Å². The molecule has 3 unspecified atom stereocenters. The third kappa shape index (κ3) is 4.97. The van der Waals surface area contributed by atoms with Crippen LogP contribution in [0.5, 0.6) is 0 Å². The molecule has 3 atom stereocenters. The van der Waals surface area contributed by atoms with E-state index >= 15 is 0 Å². The van der Waals surface area contributed by atoms with Crippen LogP contribution in [0, 0.1) is 5.92 Å². The Morgan fingerprint density at radius 1 is 1.22 bits per heavy atom. The van der Waals surface area contributed by atoms with Crippen molar-refractivity contribution in [3.05, 3.63) is 0 Å². The SMILES string of the molecule is CCCCC(CCC)NC(=O)C1CCCCC1N. The highest BCUT2D eigenvalue weighted by Gasteiger charge is 2.29. The summed E-state index contributed by atoms with van der Waals surface area (Å²) in [6.45, 7) is 4.37. The van der Waals surface area contributed by atoms with Crippen molar-refractivity contribution in [3.63, 3.8) is 0 Å². The van der Waals surface area contributed by atoms with Gasteiger partial charge in [0.1, 0.15) is 0 Å². The Labute approximate surface area is 112 Å². The van der Waals surface area contributed by atoms with Crippen molar-refractivity contribution in [2.24, 2.45) is 11.7 Å². The monoisotopic (exact) mass is 254 g/mol. The molecule has 0 heterocycles.